The number of halogens is 2. The molecule has 2 aliphatic rings. The molecule has 136 valence electrons. The molecule has 1 fully saturated rings. The number of rotatable bonds is 3. The monoisotopic (exact) mass is 419 g/mol. The molecule has 2 aromatic rings. The fourth-order valence-electron chi connectivity index (χ4n) is 2.38. The van der Waals surface area contributed by atoms with E-state index in [9.17, 15) is 4.79 Å². The summed E-state index contributed by atoms with van der Waals surface area (Å²) in [6.07, 6.45) is 3.25. The van der Waals surface area contributed by atoms with Crippen LogP contribution in [0.3, 0.4) is 0 Å². The Bertz CT molecular complexity index is 1020. The third kappa shape index (κ3) is 4.10. The van der Waals surface area contributed by atoms with Gasteiger partial charge in [0.1, 0.15) is 0 Å². The number of carbonyl (C=O) groups excluding carboxylic acids is 1. The maximum atomic E-state index is 12.1. The Kier molecular flexibility index (Phi) is 5.07. The molecule has 2 heterocycles. The van der Waals surface area contributed by atoms with E-state index in [1.807, 2.05) is 6.07 Å². The molecule has 0 aromatic heterocycles. The van der Waals surface area contributed by atoms with Gasteiger partial charge in [0.15, 0.2) is 16.7 Å². The maximum Gasteiger partial charge on any atom is 0.264 e. The van der Waals surface area contributed by atoms with Crippen molar-refractivity contribution in [2.24, 2.45) is 10.2 Å². The highest BCUT2D eigenvalue weighted by Gasteiger charge is 2.24. The molecule has 0 aliphatic carbocycles. The zero-order valence-electron chi connectivity index (χ0n) is 13.6. The molecule has 2 aliphatic heterocycles. The van der Waals surface area contributed by atoms with Crippen LogP contribution in [0.5, 0.6) is 11.5 Å². The van der Waals surface area contributed by atoms with Gasteiger partial charge in [-0.3, -0.25) is 10.1 Å². The Hall–Kier alpha value is -2.48. The summed E-state index contributed by atoms with van der Waals surface area (Å²) in [4.78, 5) is 12.6. The van der Waals surface area contributed by atoms with Crippen LogP contribution in [0.4, 0.5) is 0 Å². The van der Waals surface area contributed by atoms with E-state index in [2.05, 4.69) is 15.5 Å². The lowest BCUT2D eigenvalue weighted by Crippen LogP contribution is -2.19. The molecule has 4 rings (SSSR count). The zero-order valence-corrected chi connectivity index (χ0v) is 15.9. The van der Waals surface area contributed by atoms with Gasteiger partial charge >= 0.3 is 0 Å². The molecular formula is C18H11Cl2N3O3S. The van der Waals surface area contributed by atoms with Crippen LogP contribution in [0, 0.1) is 0 Å². The highest BCUT2D eigenvalue weighted by molar-refractivity contribution is 8.18. The molecule has 0 saturated carbocycles. The molecule has 0 bridgehead atoms. The predicted octanol–water partition coefficient (Wildman–Crippen LogP) is 4.32. The summed E-state index contributed by atoms with van der Waals surface area (Å²) in [5.74, 6) is 1.11. The predicted molar refractivity (Wildman–Crippen MR) is 108 cm³/mol. The van der Waals surface area contributed by atoms with Gasteiger partial charge in [0, 0.05) is 10.0 Å². The van der Waals surface area contributed by atoms with Crippen molar-refractivity contribution in [1.29, 1.82) is 0 Å². The third-order valence-corrected chi connectivity index (χ3v) is 5.11. The van der Waals surface area contributed by atoms with E-state index in [0.29, 0.717) is 37.2 Å². The van der Waals surface area contributed by atoms with Crippen LogP contribution in [-0.2, 0) is 4.79 Å². The Morgan fingerprint density at radius 3 is 2.81 bits per heavy atom. The van der Waals surface area contributed by atoms with Gasteiger partial charge in [-0.1, -0.05) is 29.3 Å². The lowest BCUT2D eigenvalue weighted by molar-refractivity contribution is -0.115. The molecule has 0 atom stereocenters. The van der Waals surface area contributed by atoms with Gasteiger partial charge in [0.2, 0.25) is 6.79 Å². The summed E-state index contributed by atoms with van der Waals surface area (Å²) in [7, 11) is 0. The van der Waals surface area contributed by atoms with E-state index in [-0.39, 0.29) is 12.7 Å². The average Bonchev–Trinajstić information content (AvgIpc) is 3.23. The fraction of sp³-hybridized carbons (Fsp3) is 0.0556. The smallest absolute Gasteiger partial charge is 0.264 e. The summed E-state index contributed by atoms with van der Waals surface area (Å²) < 4.78 is 10.6. The molecule has 1 saturated heterocycles. The van der Waals surface area contributed by atoms with Crippen molar-refractivity contribution in [1.82, 2.24) is 5.32 Å². The molecule has 6 nitrogen and oxygen atoms in total. The Balaban J connectivity index is 1.47. The first-order valence-corrected chi connectivity index (χ1v) is 9.32. The van der Waals surface area contributed by atoms with Crippen LogP contribution in [0.15, 0.2) is 51.5 Å². The number of carbonyl (C=O) groups is 1. The Morgan fingerprint density at radius 2 is 1.96 bits per heavy atom. The van der Waals surface area contributed by atoms with E-state index in [0.717, 1.165) is 5.56 Å². The number of ether oxygens (including phenoxy) is 2. The molecule has 2 aromatic carbocycles. The molecule has 0 spiro atoms. The van der Waals surface area contributed by atoms with Crippen LogP contribution in [0.2, 0.25) is 10.0 Å². The average molecular weight is 420 g/mol. The van der Waals surface area contributed by atoms with Gasteiger partial charge in [-0.05, 0) is 59.3 Å². The summed E-state index contributed by atoms with van der Waals surface area (Å²) in [5.41, 5.74) is 1.51. The largest absolute Gasteiger partial charge is 0.454 e. The number of amidine groups is 1. The lowest BCUT2D eigenvalue weighted by Gasteiger charge is -1.99. The van der Waals surface area contributed by atoms with Crippen molar-refractivity contribution >= 4 is 58.3 Å². The number of hydrogen-bond acceptors (Lipinski definition) is 6. The molecule has 27 heavy (non-hydrogen) atoms. The Labute approximate surface area is 168 Å². The quantitative estimate of drug-likeness (QED) is 0.456. The number of fused-ring (bicyclic) bond motifs is 1. The van der Waals surface area contributed by atoms with Crippen LogP contribution < -0.4 is 14.8 Å². The molecule has 9 heteroatoms. The molecule has 0 unspecified atom stereocenters. The van der Waals surface area contributed by atoms with Crippen LogP contribution in [0.1, 0.15) is 11.1 Å². The normalized spacial score (nSPS) is 18.7. The third-order valence-electron chi connectivity index (χ3n) is 3.65. The summed E-state index contributed by atoms with van der Waals surface area (Å²) in [5, 5.41) is 12.1. The number of amides is 1. The minimum absolute atomic E-state index is 0.216. The van der Waals surface area contributed by atoms with E-state index in [1.165, 1.54) is 11.8 Å². The summed E-state index contributed by atoms with van der Waals surface area (Å²) in [6.45, 7) is 0.216. The van der Waals surface area contributed by atoms with E-state index in [4.69, 9.17) is 32.7 Å². The summed E-state index contributed by atoms with van der Waals surface area (Å²) in [6, 6.07) is 10.5. The standard InChI is InChI=1S/C18H11Cl2N3O3S/c19-12-3-2-11(13(20)7-12)6-16-17(24)22-18(27-16)23-21-8-10-1-4-14-15(5-10)26-9-25-14/h1-8H,9H2,(H,22,23,24)/b16-6+,21-8+. The first kappa shape index (κ1) is 17.9. The number of benzene rings is 2. The fourth-order valence-corrected chi connectivity index (χ4v) is 3.61. The number of nitrogens with one attached hydrogen (secondary N) is 1. The van der Waals surface area contributed by atoms with E-state index < -0.39 is 0 Å². The first-order valence-electron chi connectivity index (χ1n) is 7.75. The van der Waals surface area contributed by atoms with Crippen molar-refractivity contribution in [2.75, 3.05) is 6.79 Å². The van der Waals surface area contributed by atoms with E-state index >= 15 is 0 Å². The van der Waals surface area contributed by atoms with Crippen molar-refractivity contribution in [3.05, 3.63) is 62.5 Å². The van der Waals surface area contributed by atoms with Crippen LogP contribution in [0.25, 0.3) is 6.08 Å². The lowest BCUT2D eigenvalue weighted by atomic mass is 10.2. The second kappa shape index (κ2) is 7.64. The Morgan fingerprint density at radius 1 is 1.11 bits per heavy atom. The van der Waals surface area contributed by atoms with Crippen molar-refractivity contribution in [3.8, 4) is 11.5 Å². The van der Waals surface area contributed by atoms with Crippen molar-refractivity contribution in [3.63, 3.8) is 0 Å². The molecular weight excluding hydrogens is 409 g/mol. The second-order valence-corrected chi connectivity index (χ2v) is 7.37. The first-order chi connectivity index (χ1) is 13.1. The van der Waals surface area contributed by atoms with Gasteiger partial charge in [0.25, 0.3) is 5.91 Å². The minimum Gasteiger partial charge on any atom is -0.454 e. The highest BCUT2D eigenvalue weighted by Crippen LogP contribution is 2.32. The van der Waals surface area contributed by atoms with Gasteiger partial charge in [-0.25, -0.2) is 0 Å². The second-order valence-electron chi connectivity index (χ2n) is 5.49. The molecule has 0 radical (unpaired) electrons. The minimum atomic E-state index is -0.261. The van der Waals surface area contributed by atoms with Crippen molar-refractivity contribution in [2.45, 2.75) is 0 Å². The van der Waals surface area contributed by atoms with E-state index in [1.54, 1.807) is 42.6 Å². The number of hydrogen-bond donors (Lipinski definition) is 1. The van der Waals surface area contributed by atoms with Gasteiger partial charge in [-0.15, -0.1) is 5.10 Å². The van der Waals surface area contributed by atoms with Gasteiger partial charge in [0.05, 0.1) is 11.1 Å². The van der Waals surface area contributed by atoms with Gasteiger partial charge < -0.3 is 9.47 Å². The SMILES string of the molecule is O=C1N/C(=N/N=C/c2ccc3c(c2)OCO3)S/C1=C/c1ccc(Cl)cc1Cl. The number of thioether (sulfide) groups is 1. The molecule has 1 amide bonds. The topological polar surface area (TPSA) is 72.3 Å². The molecule has 1 N–H and O–H groups in total. The maximum absolute atomic E-state index is 12.1. The number of nitrogens with zero attached hydrogens (tertiary/aromatic N) is 2. The zero-order chi connectivity index (χ0) is 18.8. The van der Waals surface area contributed by atoms with Gasteiger partial charge in [-0.2, -0.15) is 5.10 Å². The van der Waals surface area contributed by atoms with Crippen LogP contribution >= 0.6 is 35.0 Å². The van der Waals surface area contributed by atoms with Crippen LogP contribution in [-0.4, -0.2) is 24.1 Å². The highest BCUT2D eigenvalue weighted by atomic mass is 35.5. The van der Waals surface area contributed by atoms with Crippen molar-refractivity contribution < 1.29 is 14.3 Å². The summed E-state index contributed by atoms with van der Waals surface area (Å²) >= 11 is 13.2.